The Morgan fingerprint density at radius 1 is 1.18 bits per heavy atom. The van der Waals surface area contributed by atoms with Gasteiger partial charge in [-0.15, -0.1) is 0 Å². The van der Waals surface area contributed by atoms with E-state index in [-0.39, 0.29) is 23.4 Å². The molecule has 1 aromatic carbocycles. The van der Waals surface area contributed by atoms with Gasteiger partial charge in [-0.25, -0.2) is 0 Å². The maximum Gasteiger partial charge on any atom is 0.266 e. The number of carbonyl (C=O) groups excluding carboxylic acids is 1. The number of furan rings is 1. The average molecular weight is 444 g/mol. The molecule has 1 aliphatic heterocycles. The Hall–Kier alpha value is -4.39. The van der Waals surface area contributed by atoms with E-state index in [0.29, 0.717) is 60.5 Å². The number of aromatic nitrogens is 3. The number of oxazole rings is 1. The van der Waals surface area contributed by atoms with E-state index in [2.05, 4.69) is 26.5 Å². The zero-order chi connectivity index (χ0) is 22.8. The van der Waals surface area contributed by atoms with Crippen LogP contribution in [0.2, 0.25) is 0 Å². The van der Waals surface area contributed by atoms with Gasteiger partial charge in [0.2, 0.25) is 29.2 Å². The van der Waals surface area contributed by atoms with E-state index in [4.69, 9.17) is 13.4 Å². The number of amides is 1. The van der Waals surface area contributed by atoms with Gasteiger partial charge in [-0.05, 0) is 37.1 Å². The van der Waals surface area contributed by atoms with Crippen molar-refractivity contribution >= 4 is 17.5 Å². The van der Waals surface area contributed by atoms with E-state index < -0.39 is 0 Å². The summed E-state index contributed by atoms with van der Waals surface area (Å²) in [7, 11) is 0. The van der Waals surface area contributed by atoms with Crippen molar-refractivity contribution in [2.45, 2.75) is 19.8 Å². The number of anilines is 2. The number of nitriles is 1. The number of aryl methyl sites for hydroxylation is 1. The quantitative estimate of drug-likeness (QED) is 0.484. The number of hydrogen-bond donors (Lipinski definition) is 1. The van der Waals surface area contributed by atoms with E-state index in [9.17, 15) is 10.1 Å². The minimum absolute atomic E-state index is 0.0725. The van der Waals surface area contributed by atoms with Crippen LogP contribution >= 0.6 is 0 Å². The van der Waals surface area contributed by atoms with Gasteiger partial charge in [-0.1, -0.05) is 17.3 Å². The fraction of sp³-hybridized carbons (Fsp3) is 0.261. The number of hydrogen-bond acceptors (Lipinski definition) is 9. The number of para-hydroxylation sites is 1. The van der Waals surface area contributed by atoms with Gasteiger partial charge < -0.3 is 23.6 Å². The van der Waals surface area contributed by atoms with Crippen LogP contribution in [0.1, 0.15) is 24.4 Å². The first-order chi connectivity index (χ1) is 16.1. The lowest BCUT2D eigenvalue weighted by Crippen LogP contribution is -2.38. The molecular formula is C23H20N6O4. The molecule has 3 aromatic heterocycles. The van der Waals surface area contributed by atoms with Crippen LogP contribution in [0.4, 0.5) is 11.6 Å². The van der Waals surface area contributed by atoms with Crippen molar-refractivity contribution in [2.24, 2.45) is 5.92 Å². The molecule has 33 heavy (non-hydrogen) atoms. The highest BCUT2D eigenvalue weighted by molar-refractivity contribution is 5.96. The highest BCUT2D eigenvalue weighted by Gasteiger charge is 2.29. The second kappa shape index (κ2) is 8.63. The van der Waals surface area contributed by atoms with Crippen LogP contribution in [-0.4, -0.2) is 34.1 Å². The van der Waals surface area contributed by atoms with Crippen molar-refractivity contribution in [3.8, 4) is 29.1 Å². The number of piperidine rings is 1. The predicted molar refractivity (Wildman–Crippen MR) is 117 cm³/mol. The molecule has 0 bridgehead atoms. The summed E-state index contributed by atoms with van der Waals surface area (Å²) < 4.78 is 16.2. The van der Waals surface area contributed by atoms with Crippen LogP contribution in [-0.2, 0) is 4.79 Å². The number of benzene rings is 1. The Balaban J connectivity index is 1.26. The Kier molecular flexibility index (Phi) is 5.36. The normalized spacial score (nSPS) is 14.2. The van der Waals surface area contributed by atoms with Crippen molar-refractivity contribution in [1.29, 1.82) is 5.26 Å². The molecule has 1 aliphatic rings. The lowest BCUT2D eigenvalue weighted by molar-refractivity contribution is -0.120. The van der Waals surface area contributed by atoms with Crippen LogP contribution in [0.5, 0.6) is 0 Å². The summed E-state index contributed by atoms with van der Waals surface area (Å²) in [4.78, 5) is 23.4. The van der Waals surface area contributed by atoms with E-state index in [0.717, 1.165) is 0 Å². The molecule has 1 amide bonds. The minimum Gasteiger partial charge on any atom is -0.459 e. The number of nitrogens with zero attached hydrogens (tertiary/aromatic N) is 5. The monoisotopic (exact) mass is 444 g/mol. The second-order valence-electron chi connectivity index (χ2n) is 7.70. The Morgan fingerprint density at radius 2 is 2.00 bits per heavy atom. The van der Waals surface area contributed by atoms with Gasteiger partial charge in [0.15, 0.2) is 5.76 Å². The van der Waals surface area contributed by atoms with Crippen molar-refractivity contribution in [2.75, 3.05) is 23.3 Å². The van der Waals surface area contributed by atoms with Gasteiger partial charge in [0.25, 0.3) is 5.89 Å². The summed E-state index contributed by atoms with van der Waals surface area (Å²) in [5.74, 6) is 1.76. The fourth-order valence-electron chi connectivity index (χ4n) is 3.88. The zero-order valence-corrected chi connectivity index (χ0v) is 17.8. The van der Waals surface area contributed by atoms with E-state index in [1.54, 1.807) is 19.1 Å². The van der Waals surface area contributed by atoms with E-state index in [1.807, 2.05) is 29.2 Å². The molecule has 1 fully saturated rings. The Labute approximate surface area is 188 Å². The fourth-order valence-corrected chi connectivity index (χ4v) is 3.88. The number of rotatable bonds is 5. The Morgan fingerprint density at radius 3 is 2.70 bits per heavy atom. The molecule has 0 saturated carbocycles. The minimum atomic E-state index is -0.181. The molecule has 1 N–H and O–H groups in total. The highest BCUT2D eigenvalue weighted by atomic mass is 16.5. The van der Waals surface area contributed by atoms with Crippen LogP contribution in [0.3, 0.4) is 0 Å². The first-order valence-electron chi connectivity index (χ1n) is 10.5. The van der Waals surface area contributed by atoms with Crippen molar-refractivity contribution in [1.82, 2.24) is 15.1 Å². The van der Waals surface area contributed by atoms with Gasteiger partial charge in [0, 0.05) is 31.5 Å². The molecule has 1 saturated heterocycles. The highest BCUT2D eigenvalue weighted by Crippen LogP contribution is 2.32. The summed E-state index contributed by atoms with van der Waals surface area (Å²) in [6.45, 7) is 2.84. The van der Waals surface area contributed by atoms with Crippen LogP contribution in [0.25, 0.3) is 23.0 Å². The van der Waals surface area contributed by atoms with Gasteiger partial charge >= 0.3 is 0 Å². The molecule has 4 heterocycles. The third kappa shape index (κ3) is 4.08. The SMILES string of the molecule is Cc1nc(-c2ccccc2NC(=O)C2CCN(c3oc(-c4ccco4)nc3C#N)CC2)no1. The number of nitrogens with one attached hydrogen (secondary N) is 1. The van der Waals surface area contributed by atoms with Gasteiger partial charge in [0.1, 0.15) is 6.07 Å². The molecule has 0 atom stereocenters. The van der Waals surface area contributed by atoms with E-state index in [1.165, 1.54) is 6.26 Å². The number of carbonyl (C=O) groups is 1. The van der Waals surface area contributed by atoms with Crippen LogP contribution < -0.4 is 10.2 Å². The largest absolute Gasteiger partial charge is 0.459 e. The third-order valence-electron chi connectivity index (χ3n) is 5.55. The summed E-state index contributed by atoms with van der Waals surface area (Å²) in [6, 6.07) is 12.9. The van der Waals surface area contributed by atoms with Crippen molar-refractivity contribution in [3.63, 3.8) is 0 Å². The molecule has 4 aromatic rings. The first-order valence-corrected chi connectivity index (χ1v) is 10.5. The Bertz CT molecular complexity index is 1310. The third-order valence-corrected chi connectivity index (χ3v) is 5.55. The maximum atomic E-state index is 13.0. The van der Waals surface area contributed by atoms with Crippen molar-refractivity contribution in [3.05, 3.63) is 54.2 Å². The predicted octanol–water partition coefficient (Wildman–Crippen LogP) is 4.02. The lowest BCUT2D eigenvalue weighted by atomic mass is 9.95. The molecular weight excluding hydrogens is 424 g/mol. The average Bonchev–Trinajstić information content (AvgIpc) is 3.60. The molecule has 166 valence electrons. The molecule has 10 heteroatoms. The van der Waals surface area contributed by atoms with Gasteiger partial charge in [-0.2, -0.15) is 15.2 Å². The molecule has 0 unspecified atom stereocenters. The molecule has 0 spiro atoms. The van der Waals surface area contributed by atoms with Gasteiger partial charge in [-0.3, -0.25) is 4.79 Å². The lowest BCUT2D eigenvalue weighted by Gasteiger charge is -2.31. The summed E-state index contributed by atoms with van der Waals surface area (Å²) in [5, 5.41) is 16.4. The molecule has 0 aliphatic carbocycles. The van der Waals surface area contributed by atoms with Gasteiger partial charge in [0.05, 0.1) is 12.0 Å². The first kappa shape index (κ1) is 20.5. The molecule has 0 radical (unpaired) electrons. The maximum absolute atomic E-state index is 13.0. The summed E-state index contributed by atoms with van der Waals surface area (Å²) in [6.07, 6.45) is 2.74. The standard InChI is InChI=1S/C23H20N6O4/c1-14-25-20(28-33-14)16-5-2-3-6-17(16)26-21(30)15-8-10-29(11-9-15)23-18(13-24)27-22(32-23)19-7-4-12-31-19/h2-7,12,15H,8-11H2,1H3,(H,26,30). The van der Waals surface area contributed by atoms with Crippen molar-refractivity contribution < 1.29 is 18.2 Å². The summed E-state index contributed by atoms with van der Waals surface area (Å²) in [5.41, 5.74) is 1.54. The van der Waals surface area contributed by atoms with Crippen LogP contribution in [0.15, 0.2) is 56.0 Å². The topological polar surface area (TPSA) is 134 Å². The molecule has 10 nitrogen and oxygen atoms in total. The summed E-state index contributed by atoms with van der Waals surface area (Å²) >= 11 is 0. The smallest absolute Gasteiger partial charge is 0.266 e. The van der Waals surface area contributed by atoms with E-state index >= 15 is 0 Å². The zero-order valence-electron chi connectivity index (χ0n) is 17.8. The second-order valence-corrected chi connectivity index (χ2v) is 7.70. The van der Waals surface area contributed by atoms with Crippen LogP contribution in [0, 0.1) is 24.2 Å². The molecule has 5 rings (SSSR count).